The highest BCUT2D eigenvalue weighted by Gasteiger charge is 2.17. The first kappa shape index (κ1) is 13.4. The zero-order valence-electron chi connectivity index (χ0n) is 10.6. The fraction of sp³-hybridized carbons (Fsp3) is 0.538. The van der Waals surface area contributed by atoms with Crippen LogP contribution >= 0.6 is 12.2 Å². The Morgan fingerprint density at radius 2 is 2.50 bits per heavy atom. The van der Waals surface area contributed by atoms with E-state index in [1.54, 1.807) is 6.20 Å². The molecular weight excluding hydrogens is 246 g/mol. The van der Waals surface area contributed by atoms with Crippen LogP contribution in [-0.2, 0) is 11.3 Å². The van der Waals surface area contributed by atoms with E-state index in [4.69, 9.17) is 22.7 Å². The molecule has 0 bridgehead atoms. The molecule has 2 rings (SSSR count). The minimum atomic E-state index is 0.346. The van der Waals surface area contributed by atoms with Gasteiger partial charge in [-0.15, -0.1) is 0 Å². The topological polar surface area (TPSA) is 51.4 Å². The van der Waals surface area contributed by atoms with Crippen LogP contribution in [0.4, 0.5) is 0 Å². The van der Waals surface area contributed by atoms with Crippen molar-refractivity contribution in [2.24, 2.45) is 5.73 Å². The van der Waals surface area contributed by atoms with Crippen LogP contribution in [0.2, 0.25) is 0 Å². The summed E-state index contributed by atoms with van der Waals surface area (Å²) < 4.78 is 5.63. The van der Waals surface area contributed by atoms with E-state index in [-0.39, 0.29) is 0 Å². The highest BCUT2D eigenvalue weighted by molar-refractivity contribution is 7.80. The molecule has 5 heteroatoms. The third-order valence-electron chi connectivity index (χ3n) is 3.07. The lowest BCUT2D eigenvalue weighted by molar-refractivity contribution is 0.0793. The quantitative estimate of drug-likeness (QED) is 0.814. The van der Waals surface area contributed by atoms with E-state index < -0.39 is 0 Å². The monoisotopic (exact) mass is 265 g/mol. The maximum Gasteiger partial charge on any atom is 0.122 e. The minimum absolute atomic E-state index is 0.346. The summed E-state index contributed by atoms with van der Waals surface area (Å²) in [7, 11) is 2.10. The summed E-state index contributed by atoms with van der Waals surface area (Å²) in [6.45, 7) is 2.72. The van der Waals surface area contributed by atoms with Gasteiger partial charge < -0.3 is 10.5 Å². The Labute approximate surface area is 113 Å². The Balaban J connectivity index is 1.91. The summed E-state index contributed by atoms with van der Waals surface area (Å²) in [6, 6.07) is 3.95. The van der Waals surface area contributed by atoms with Crippen LogP contribution < -0.4 is 5.73 Å². The lowest BCUT2D eigenvalue weighted by Gasteiger charge is -2.20. The van der Waals surface area contributed by atoms with Gasteiger partial charge >= 0.3 is 0 Å². The summed E-state index contributed by atoms with van der Waals surface area (Å²) in [5, 5.41) is 0. The number of likely N-dealkylation sites (N-methyl/N-ethyl adjacent to an activating group) is 1. The number of aromatic nitrogens is 1. The van der Waals surface area contributed by atoms with Gasteiger partial charge in [0.1, 0.15) is 4.99 Å². The van der Waals surface area contributed by atoms with Crippen molar-refractivity contribution in [1.82, 2.24) is 9.88 Å². The van der Waals surface area contributed by atoms with E-state index in [1.807, 2.05) is 12.1 Å². The lowest BCUT2D eigenvalue weighted by Crippen LogP contribution is -2.28. The van der Waals surface area contributed by atoms with Crippen molar-refractivity contribution in [2.75, 3.05) is 20.2 Å². The second kappa shape index (κ2) is 6.22. The highest BCUT2D eigenvalue weighted by Crippen LogP contribution is 2.14. The second-order valence-corrected chi connectivity index (χ2v) is 5.19. The lowest BCUT2D eigenvalue weighted by atomic mass is 10.2. The largest absolute Gasteiger partial charge is 0.388 e. The SMILES string of the molecule is CN(Cc1ccnc(C(N)=S)c1)CC1CCCO1. The zero-order chi connectivity index (χ0) is 13.0. The summed E-state index contributed by atoms with van der Waals surface area (Å²) in [4.78, 5) is 6.74. The molecule has 0 spiro atoms. The fourth-order valence-corrected chi connectivity index (χ4v) is 2.33. The van der Waals surface area contributed by atoms with Crippen molar-refractivity contribution in [1.29, 1.82) is 0 Å². The maximum absolute atomic E-state index is 5.63. The Hall–Kier alpha value is -1.04. The first-order valence-electron chi connectivity index (χ1n) is 6.20. The molecule has 0 aliphatic carbocycles. The summed E-state index contributed by atoms with van der Waals surface area (Å²) in [5.41, 5.74) is 7.44. The van der Waals surface area contributed by atoms with Gasteiger partial charge in [-0.3, -0.25) is 9.88 Å². The number of thiocarbonyl (C=S) groups is 1. The van der Waals surface area contributed by atoms with Gasteiger partial charge in [-0.25, -0.2) is 0 Å². The van der Waals surface area contributed by atoms with Gasteiger partial charge in [-0.2, -0.15) is 0 Å². The van der Waals surface area contributed by atoms with E-state index in [2.05, 4.69) is 16.9 Å². The van der Waals surface area contributed by atoms with E-state index in [0.717, 1.165) is 19.7 Å². The zero-order valence-corrected chi connectivity index (χ0v) is 11.4. The van der Waals surface area contributed by atoms with Crippen molar-refractivity contribution in [2.45, 2.75) is 25.5 Å². The van der Waals surface area contributed by atoms with Crippen molar-refractivity contribution in [3.05, 3.63) is 29.6 Å². The second-order valence-electron chi connectivity index (χ2n) is 4.75. The molecule has 1 aromatic rings. The predicted molar refractivity (Wildman–Crippen MR) is 75.4 cm³/mol. The maximum atomic E-state index is 5.63. The Bertz CT molecular complexity index is 418. The molecule has 1 aliphatic heterocycles. The molecule has 1 aliphatic rings. The normalized spacial score (nSPS) is 19.3. The molecule has 0 amide bonds. The van der Waals surface area contributed by atoms with Crippen LogP contribution in [0.25, 0.3) is 0 Å². The third kappa shape index (κ3) is 3.73. The highest BCUT2D eigenvalue weighted by atomic mass is 32.1. The number of hydrogen-bond acceptors (Lipinski definition) is 4. The number of hydrogen-bond donors (Lipinski definition) is 1. The van der Waals surface area contributed by atoms with Gasteiger partial charge in [0.2, 0.25) is 0 Å². The number of nitrogens with zero attached hydrogens (tertiary/aromatic N) is 2. The molecule has 1 saturated heterocycles. The van der Waals surface area contributed by atoms with Crippen LogP contribution in [0.5, 0.6) is 0 Å². The van der Waals surface area contributed by atoms with Crippen molar-refractivity contribution in [3.63, 3.8) is 0 Å². The van der Waals surface area contributed by atoms with Gasteiger partial charge in [-0.05, 0) is 37.6 Å². The van der Waals surface area contributed by atoms with Crippen LogP contribution in [0, 0.1) is 0 Å². The van der Waals surface area contributed by atoms with E-state index in [9.17, 15) is 0 Å². The molecule has 0 saturated carbocycles. The molecule has 0 radical (unpaired) electrons. The summed E-state index contributed by atoms with van der Waals surface area (Å²) in [5.74, 6) is 0. The molecule has 18 heavy (non-hydrogen) atoms. The van der Waals surface area contributed by atoms with Crippen molar-refractivity contribution < 1.29 is 4.74 Å². The number of rotatable bonds is 5. The van der Waals surface area contributed by atoms with Gasteiger partial charge in [0, 0.05) is 25.9 Å². The first-order valence-corrected chi connectivity index (χ1v) is 6.61. The van der Waals surface area contributed by atoms with Crippen molar-refractivity contribution >= 4 is 17.2 Å². The number of nitrogens with two attached hydrogens (primary N) is 1. The number of ether oxygens (including phenoxy) is 1. The Morgan fingerprint density at radius 1 is 1.67 bits per heavy atom. The molecule has 2 heterocycles. The number of pyridine rings is 1. The molecular formula is C13H19N3OS. The van der Waals surface area contributed by atoms with Crippen LogP contribution in [-0.4, -0.2) is 41.2 Å². The standard InChI is InChI=1S/C13H19N3OS/c1-16(9-11-3-2-6-17-11)8-10-4-5-15-12(7-10)13(14)18/h4-5,7,11H,2-3,6,8-9H2,1H3,(H2,14,18). The molecule has 4 nitrogen and oxygen atoms in total. The van der Waals surface area contributed by atoms with Crippen LogP contribution in [0.3, 0.4) is 0 Å². The first-order chi connectivity index (χ1) is 8.65. The van der Waals surface area contributed by atoms with Gasteiger partial charge in [0.25, 0.3) is 0 Å². The van der Waals surface area contributed by atoms with Gasteiger partial charge in [-0.1, -0.05) is 12.2 Å². The average Bonchev–Trinajstić information content (AvgIpc) is 2.82. The average molecular weight is 265 g/mol. The van der Waals surface area contributed by atoms with Crippen molar-refractivity contribution in [3.8, 4) is 0 Å². The van der Waals surface area contributed by atoms with E-state index in [0.29, 0.717) is 16.8 Å². The molecule has 98 valence electrons. The minimum Gasteiger partial charge on any atom is -0.388 e. The molecule has 1 unspecified atom stereocenters. The molecule has 1 atom stereocenters. The predicted octanol–water partition coefficient (Wildman–Crippen LogP) is 1.33. The molecule has 1 fully saturated rings. The third-order valence-corrected chi connectivity index (χ3v) is 3.28. The molecule has 1 aromatic heterocycles. The Morgan fingerprint density at radius 3 is 3.17 bits per heavy atom. The summed E-state index contributed by atoms with van der Waals surface area (Å²) in [6.07, 6.45) is 4.48. The van der Waals surface area contributed by atoms with Crippen LogP contribution in [0.1, 0.15) is 24.1 Å². The summed E-state index contributed by atoms with van der Waals surface area (Å²) >= 11 is 4.93. The molecule has 2 N–H and O–H groups in total. The van der Waals surface area contributed by atoms with Crippen LogP contribution in [0.15, 0.2) is 18.3 Å². The smallest absolute Gasteiger partial charge is 0.122 e. The van der Waals surface area contributed by atoms with E-state index >= 15 is 0 Å². The van der Waals surface area contributed by atoms with Gasteiger partial charge in [0.15, 0.2) is 0 Å². The van der Waals surface area contributed by atoms with Gasteiger partial charge in [0.05, 0.1) is 11.8 Å². The molecule has 0 aromatic carbocycles. The van der Waals surface area contributed by atoms with E-state index in [1.165, 1.54) is 18.4 Å². The fourth-order valence-electron chi connectivity index (χ4n) is 2.22. The Kier molecular flexibility index (Phi) is 4.63.